The lowest BCUT2D eigenvalue weighted by atomic mass is 10.5. The van der Waals surface area contributed by atoms with Crippen molar-refractivity contribution in [3.05, 3.63) is 16.1 Å². The average molecular weight is 245 g/mol. The largest absolute Gasteiger partial charge is 0.383 e. The van der Waals surface area contributed by atoms with Gasteiger partial charge in [-0.3, -0.25) is 0 Å². The van der Waals surface area contributed by atoms with Crippen LogP contribution in [0.15, 0.2) is 5.38 Å². The zero-order valence-electron chi connectivity index (χ0n) is 8.87. The van der Waals surface area contributed by atoms with Gasteiger partial charge in [-0.1, -0.05) is 0 Å². The highest BCUT2D eigenvalue weighted by Gasteiger charge is 1.99. The molecule has 0 amide bonds. The summed E-state index contributed by atoms with van der Waals surface area (Å²) < 4.78 is 4.90. The lowest BCUT2D eigenvalue weighted by Gasteiger charge is -2.08. The molecule has 0 aliphatic heterocycles. The Balaban J connectivity index is 2.16. The van der Waals surface area contributed by atoms with Gasteiger partial charge in [-0.25, -0.2) is 4.98 Å². The van der Waals surface area contributed by atoms with Crippen LogP contribution in [0, 0.1) is 6.92 Å². The number of hydrogen-bond donors (Lipinski definition) is 2. The van der Waals surface area contributed by atoms with Gasteiger partial charge in [0.15, 0.2) is 5.11 Å². The molecule has 1 aromatic heterocycles. The first kappa shape index (κ1) is 12.4. The second-order valence-electron chi connectivity index (χ2n) is 2.96. The molecule has 0 atom stereocenters. The van der Waals surface area contributed by atoms with Crippen LogP contribution < -0.4 is 10.6 Å². The molecule has 4 nitrogen and oxygen atoms in total. The van der Waals surface area contributed by atoms with Gasteiger partial charge in [-0.15, -0.1) is 11.3 Å². The number of thiazole rings is 1. The maximum Gasteiger partial charge on any atom is 0.166 e. The summed E-state index contributed by atoms with van der Waals surface area (Å²) in [5.41, 5.74) is 1.02. The van der Waals surface area contributed by atoms with Gasteiger partial charge in [0.2, 0.25) is 0 Å². The van der Waals surface area contributed by atoms with Crippen molar-refractivity contribution in [3.8, 4) is 0 Å². The summed E-state index contributed by atoms with van der Waals surface area (Å²) in [6, 6.07) is 0. The van der Waals surface area contributed by atoms with Crippen molar-refractivity contribution in [2.45, 2.75) is 13.5 Å². The molecule has 1 rings (SSSR count). The van der Waals surface area contributed by atoms with E-state index in [4.69, 9.17) is 17.0 Å². The monoisotopic (exact) mass is 245 g/mol. The number of rotatable bonds is 5. The van der Waals surface area contributed by atoms with E-state index in [2.05, 4.69) is 15.6 Å². The molecule has 0 saturated heterocycles. The molecule has 0 saturated carbocycles. The van der Waals surface area contributed by atoms with Crippen molar-refractivity contribution >= 4 is 28.7 Å². The van der Waals surface area contributed by atoms with Gasteiger partial charge >= 0.3 is 0 Å². The van der Waals surface area contributed by atoms with Crippen molar-refractivity contribution in [2.75, 3.05) is 20.3 Å². The minimum atomic E-state index is 0.637. The van der Waals surface area contributed by atoms with Gasteiger partial charge in [-0.2, -0.15) is 0 Å². The predicted molar refractivity (Wildman–Crippen MR) is 66.2 cm³/mol. The normalized spacial score (nSPS) is 10.0. The van der Waals surface area contributed by atoms with Crippen LogP contribution in [0.1, 0.15) is 10.7 Å². The molecular formula is C9H15N3OS2. The molecule has 0 fully saturated rings. The molecule has 0 aromatic carbocycles. The smallest absolute Gasteiger partial charge is 0.166 e. The van der Waals surface area contributed by atoms with Crippen LogP contribution in [0.2, 0.25) is 0 Å². The van der Waals surface area contributed by atoms with Crippen molar-refractivity contribution in [1.82, 2.24) is 15.6 Å². The van der Waals surface area contributed by atoms with E-state index in [0.717, 1.165) is 17.2 Å². The Morgan fingerprint density at radius 2 is 2.40 bits per heavy atom. The Labute approximate surface area is 99.1 Å². The van der Waals surface area contributed by atoms with Gasteiger partial charge < -0.3 is 15.4 Å². The highest BCUT2D eigenvalue weighted by molar-refractivity contribution is 7.80. The number of aryl methyl sites for hydroxylation is 1. The molecule has 15 heavy (non-hydrogen) atoms. The fraction of sp³-hybridized carbons (Fsp3) is 0.556. The summed E-state index contributed by atoms with van der Waals surface area (Å²) >= 11 is 6.71. The number of ether oxygens (including phenoxy) is 1. The van der Waals surface area contributed by atoms with Crippen LogP contribution in [0.4, 0.5) is 0 Å². The highest BCUT2D eigenvalue weighted by Crippen LogP contribution is 2.06. The van der Waals surface area contributed by atoms with Crippen molar-refractivity contribution in [1.29, 1.82) is 0 Å². The van der Waals surface area contributed by atoms with Crippen molar-refractivity contribution < 1.29 is 4.74 Å². The molecule has 0 unspecified atom stereocenters. The number of nitrogens with zero attached hydrogens (tertiary/aromatic N) is 1. The van der Waals surface area contributed by atoms with Crippen LogP contribution in [0.3, 0.4) is 0 Å². The minimum Gasteiger partial charge on any atom is -0.383 e. The number of aromatic nitrogens is 1. The molecule has 0 bridgehead atoms. The summed E-state index contributed by atoms with van der Waals surface area (Å²) in [5.74, 6) is 0. The molecule has 1 heterocycles. The zero-order valence-corrected chi connectivity index (χ0v) is 10.5. The van der Waals surface area contributed by atoms with E-state index in [1.807, 2.05) is 12.3 Å². The predicted octanol–water partition coefficient (Wildman–Crippen LogP) is 1.06. The second kappa shape index (κ2) is 6.71. The fourth-order valence-corrected chi connectivity index (χ4v) is 1.78. The first-order valence-corrected chi connectivity index (χ1v) is 5.93. The Bertz CT molecular complexity index is 314. The number of thiocarbonyl (C=S) groups is 1. The molecule has 1 aromatic rings. The summed E-state index contributed by atoms with van der Waals surface area (Å²) in [6.07, 6.45) is 0. The summed E-state index contributed by atoms with van der Waals surface area (Å²) in [5, 5.41) is 9.85. The molecule has 84 valence electrons. The van der Waals surface area contributed by atoms with E-state index < -0.39 is 0 Å². The fourth-order valence-electron chi connectivity index (χ4n) is 0.989. The van der Waals surface area contributed by atoms with E-state index in [1.54, 1.807) is 18.4 Å². The number of methoxy groups -OCH3 is 1. The lowest BCUT2D eigenvalue weighted by Crippen LogP contribution is -2.36. The molecule has 0 aliphatic carbocycles. The van der Waals surface area contributed by atoms with Gasteiger partial charge in [0.05, 0.1) is 23.9 Å². The van der Waals surface area contributed by atoms with Crippen molar-refractivity contribution in [3.63, 3.8) is 0 Å². The van der Waals surface area contributed by atoms with Gasteiger partial charge in [0.25, 0.3) is 0 Å². The van der Waals surface area contributed by atoms with Gasteiger partial charge in [-0.05, 0) is 19.1 Å². The summed E-state index contributed by atoms with van der Waals surface area (Å²) in [7, 11) is 1.66. The maximum absolute atomic E-state index is 5.07. The third-order valence-corrected chi connectivity index (χ3v) is 2.80. The van der Waals surface area contributed by atoms with Crippen LogP contribution >= 0.6 is 23.6 Å². The lowest BCUT2D eigenvalue weighted by molar-refractivity contribution is 0.204. The van der Waals surface area contributed by atoms with Crippen LogP contribution in [-0.2, 0) is 11.3 Å². The quantitative estimate of drug-likeness (QED) is 0.600. The van der Waals surface area contributed by atoms with Crippen LogP contribution in [-0.4, -0.2) is 30.4 Å². The van der Waals surface area contributed by atoms with E-state index in [9.17, 15) is 0 Å². The highest BCUT2D eigenvalue weighted by atomic mass is 32.1. The summed E-state index contributed by atoms with van der Waals surface area (Å²) in [6.45, 7) is 4.03. The first-order valence-electron chi connectivity index (χ1n) is 4.64. The number of hydrogen-bond acceptors (Lipinski definition) is 4. The first-order chi connectivity index (χ1) is 7.22. The molecule has 0 aliphatic rings. The molecule has 6 heteroatoms. The third kappa shape index (κ3) is 5.06. The van der Waals surface area contributed by atoms with E-state index in [-0.39, 0.29) is 0 Å². The Morgan fingerprint density at radius 1 is 1.60 bits per heavy atom. The SMILES string of the molecule is COCCNC(=S)NCc1csc(C)n1. The van der Waals surface area contributed by atoms with E-state index in [0.29, 0.717) is 18.3 Å². The van der Waals surface area contributed by atoms with Gasteiger partial charge in [0.1, 0.15) is 0 Å². The second-order valence-corrected chi connectivity index (χ2v) is 4.43. The Morgan fingerprint density at radius 3 is 3.00 bits per heavy atom. The minimum absolute atomic E-state index is 0.637. The third-order valence-electron chi connectivity index (χ3n) is 1.69. The molecule has 0 spiro atoms. The average Bonchev–Trinajstić information content (AvgIpc) is 2.62. The zero-order chi connectivity index (χ0) is 11.1. The molecule has 0 radical (unpaired) electrons. The maximum atomic E-state index is 5.07. The standard InChI is InChI=1S/C9H15N3OS2/c1-7-12-8(6-15-7)5-11-9(14)10-3-4-13-2/h6H,3-5H2,1-2H3,(H2,10,11,14). The van der Waals surface area contributed by atoms with Crippen molar-refractivity contribution in [2.24, 2.45) is 0 Å². The van der Waals surface area contributed by atoms with Crippen LogP contribution in [0.5, 0.6) is 0 Å². The Kier molecular flexibility index (Phi) is 5.52. The summed E-state index contributed by atoms with van der Waals surface area (Å²) in [4.78, 5) is 4.32. The molecule has 2 N–H and O–H groups in total. The van der Waals surface area contributed by atoms with Gasteiger partial charge in [0, 0.05) is 19.0 Å². The van der Waals surface area contributed by atoms with E-state index >= 15 is 0 Å². The number of nitrogens with one attached hydrogen (secondary N) is 2. The molecular weight excluding hydrogens is 230 g/mol. The van der Waals surface area contributed by atoms with Crippen LogP contribution in [0.25, 0.3) is 0 Å². The topological polar surface area (TPSA) is 46.2 Å². The Hall–Kier alpha value is -0.720. The van der Waals surface area contributed by atoms with E-state index in [1.165, 1.54) is 0 Å².